The number of hydrogen-bond donors (Lipinski definition) is 1. The molecule has 0 atom stereocenters. The number of thiocarbonyl (C=S) groups is 1. The van der Waals surface area contributed by atoms with E-state index in [-0.39, 0.29) is 17.6 Å². The van der Waals surface area contributed by atoms with Crippen LogP contribution in [0.15, 0.2) is 18.2 Å². The van der Waals surface area contributed by atoms with E-state index in [4.69, 9.17) is 12.2 Å². The SMILES string of the molecule is Cc1cc(F)ccc1NC(=O)CCCCCN1C(=O)CSC1=S. The highest BCUT2D eigenvalue weighted by atomic mass is 32.2. The molecule has 2 amide bonds. The van der Waals surface area contributed by atoms with Gasteiger partial charge in [-0.1, -0.05) is 30.4 Å². The van der Waals surface area contributed by atoms with Gasteiger partial charge in [0, 0.05) is 18.7 Å². The number of hydrogen-bond acceptors (Lipinski definition) is 4. The molecule has 1 aromatic rings. The van der Waals surface area contributed by atoms with Crippen LogP contribution in [0.1, 0.15) is 31.2 Å². The molecule has 1 aromatic carbocycles. The van der Waals surface area contributed by atoms with Gasteiger partial charge in [-0.15, -0.1) is 0 Å². The lowest BCUT2D eigenvalue weighted by molar-refractivity contribution is -0.124. The predicted molar refractivity (Wildman–Crippen MR) is 95.0 cm³/mol. The number of amides is 2. The van der Waals surface area contributed by atoms with Crippen molar-refractivity contribution in [2.24, 2.45) is 0 Å². The van der Waals surface area contributed by atoms with Crippen LogP contribution in [-0.4, -0.2) is 33.3 Å². The Hall–Kier alpha value is -1.47. The van der Waals surface area contributed by atoms with Gasteiger partial charge in [0.15, 0.2) is 0 Å². The van der Waals surface area contributed by atoms with Crippen molar-refractivity contribution in [3.05, 3.63) is 29.6 Å². The second kappa shape index (κ2) is 8.40. The number of nitrogens with one attached hydrogen (secondary N) is 1. The summed E-state index contributed by atoms with van der Waals surface area (Å²) in [5.74, 6) is 0.124. The van der Waals surface area contributed by atoms with Gasteiger partial charge in [-0.05, 0) is 43.5 Å². The molecule has 4 nitrogen and oxygen atoms in total. The minimum atomic E-state index is -0.312. The highest BCUT2D eigenvalue weighted by molar-refractivity contribution is 8.23. The molecular formula is C16H19FN2O2S2. The number of unbranched alkanes of at least 4 members (excludes halogenated alkanes) is 2. The van der Waals surface area contributed by atoms with E-state index in [0.717, 1.165) is 19.3 Å². The van der Waals surface area contributed by atoms with E-state index in [1.807, 2.05) is 0 Å². The molecule has 0 saturated carbocycles. The summed E-state index contributed by atoms with van der Waals surface area (Å²) >= 11 is 6.51. The third-order valence-corrected chi connectivity index (χ3v) is 5.02. The summed E-state index contributed by atoms with van der Waals surface area (Å²) in [5, 5.41) is 2.79. The highest BCUT2D eigenvalue weighted by Crippen LogP contribution is 2.20. The Morgan fingerprint density at radius 2 is 2.17 bits per heavy atom. The number of nitrogens with zero attached hydrogens (tertiary/aromatic N) is 1. The van der Waals surface area contributed by atoms with Gasteiger partial charge in [0.1, 0.15) is 10.1 Å². The summed E-state index contributed by atoms with van der Waals surface area (Å²) in [6, 6.07) is 4.29. The van der Waals surface area contributed by atoms with Crippen LogP contribution in [0.4, 0.5) is 10.1 Å². The Bertz CT molecular complexity index is 606. The number of thioether (sulfide) groups is 1. The van der Waals surface area contributed by atoms with Crippen LogP contribution >= 0.6 is 24.0 Å². The zero-order chi connectivity index (χ0) is 16.8. The van der Waals surface area contributed by atoms with Crippen LogP contribution in [0.3, 0.4) is 0 Å². The van der Waals surface area contributed by atoms with Crippen LogP contribution in [0.5, 0.6) is 0 Å². The lowest BCUT2D eigenvalue weighted by Gasteiger charge is -2.14. The molecule has 2 rings (SSSR count). The molecule has 7 heteroatoms. The minimum absolute atomic E-state index is 0.0736. The van der Waals surface area contributed by atoms with Crippen molar-refractivity contribution in [1.82, 2.24) is 4.90 Å². The first kappa shape index (κ1) is 17.9. The number of rotatable bonds is 7. The van der Waals surface area contributed by atoms with Gasteiger partial charge in [-0.2, -0.15) is 0 Å². The Morgan fingerprint density at radius 1 is 1.39 bits per heavy atom. The number of carbonyl (C=O) groups excluding carboxylic acids is 2. The maximum atomic E-state index is 13.0. The molecule has 0 aromatic heterocycles. The largest absolute Gasteiger partial charge is 0.326 e. The van der Waals surface area contributed by atoms with Gasteiger partial charge in [0.2, 0.25) is 11.8 Å². The van der Waals surface area contributed by atoms with Crippen molar-refractivity contribution in [2.45, 2.75) is 32.6 Å². The number of aryl methyl sites for hydroxylation is 1. The Balaban J connectivity index is 1.65. The average molecular weight is 354 g/mol. The van der Waals surface area contributed by atoms with Gasteiger partial charge in [-0.3, -0.25) is 14.5 Å². The molecule has 0 bridgehead atoms. The molecule has 0 radical (unpaired) electrons. The molecule has 1 saturated heterocycles. The van der Waals surface area contributed by atoms with Crippen LogP contribution in [-0.2, 0) is 9.59 Å². The zero-order valence-corrected chi connectivity index (χ0v) is 14.6. The summed E-state index contributed by atoms with van der Waals surface area (Å²) in [6.07, 6.45) is 2.83. The van der Waals surface area contributed by atoms with Crippen molar-refractivity contribution in [3.63, 3.8) is 0 Å². The van der Waals surface area contributed by atoms with Gasteiger partial charge in [0.05, 0.1) is 5.75 Å². The van der Waals surface area contributed by atoms with Crippen molar-refractivity contribution in [1.29, 1.82) is 0 Å². The molecule has 0 spiro atoms. The topological polar surface area (TPSA) is 49.4 Å². The quantitative estimate of drug-likeness (QED) is 0.601. The number of carbonyl (C=O) groups is 2. The number of anilines is 1. The van der Waals surface area contributed by atoms with E-state index in [1.54, 1.807) is 17.9 Å². The average Bonchev–Trinajstić information content (AvgIpc) is 2.81. The molecule has 1 N–H and O–H groups in total. The van der Waals surface area contributed by atoms with E-state index >= 15 is 0 Å². The standard InChI is InChI=1S/C16H19FN2O2S2/c1-11-9-12(17)6-7-13(11)18-14(20)5-3-2-4-8-19-15(21)10-23-16(19)22/h6-7,9H,2-5,8,10H2,1H3,(H,18,20). The van der Waals surface area contributed by atoms with Crippen molar-refractivity contribution >= 4 is 45.8 Å². The van der Waals surface area contributed by atoms with Crippen LogP contribution in [0, 0.1) is 12.7 Å². The monoisotopic (exact) mass is 354 g/mol. The summed E-state index contributed by atoms with van der Waals surface area (Å²) in [5.41, 5.74) is 1.35. The van der Waals surface area contributed by atoms with E-state index in [0.29, 0.717) is 34.3 Å². The molecular weight excluding hydrogens is 335 g/mol. The zero-order valence-electron chi connectivity index (χ0n) is 12.9. The molecule has 1 fully saturated rings. The van der Waals surface area contributed by atoms with E-state index in [2.05, 4.69) is 5.32 Å². The third-order valence-electron chi connectivity index (χ3n) is 3.59. The van der Waals surface area contributed by atoms with Gasteiger partial charge in [0.25, 0.3) is 0 Å². The van der Waals surface area contributed by atoms with Crippen LogP contribution < -0.4 is 5.32 Å². The Kier molecular flexibility index (Phi) is 6.53. The first-order chi connectivity index (χ1) is 11.0. The lowest BCUT2D eigenvalue weighted by Crippen LogP contribution is -2.29. The summed E-state index contributed by atoms with van der Waals surface area (Å²) in [7, 11) is 0. The molecule has 1 aliphatic heterocycles. The van der Waals surface area contributed by atoms with Crippen molar-refractivity contribution in [3.8, 4) is 0 Å². The predicted octanol–water partition coefficient (Wildman–Crippen LogP) is 3.49. The van der Waals surface area contributed by atoms with Crippen molar-refractivity contribution < 1.29 is 14.0 Å². The van der Waals surface area contributed by atoms with E-state index < -0.39 is 0 Å². The molecule has 0 aliphatic carbocycles. The number of benzene rings is 1. The van der Waals surface area contributed by atoms with Gasteiger partial charge < -0.3 is 5.32 Å². The fourth-order valence-corrected chi connectivity index (χ4v) is 3.43. The first-order valence-corrected chi connectivity index (χ1v) is 8.90. The second-order valence-electron chi connectivity index (χ2n) is 5.42. The summed E-state index contributed by atoms with van der Waals surface area (Å²) in [4.78, 5) is 25.1. The van der Waals surface area contributed by atoms with Gasteiger partial charge in [-0.25, -0.2) is 4.39 Å². The van der Waals surface area contributed by atoms with Crippen LogP contribution in [0.25, 0.3) is 0 Å². The second-order valence-corrected chi connectivity index (χ2v) is 7.03. The molecule has 1 heterocycles. The Labute approximate surface area is 144 Å². The third kappa shape index (κ3) is 5.28. The maximum absolute atomic E-state index is 13.0. The fraction of sp³-hybridized carbons (Fsp3) is 0.438. The Morgan fingerprint density at radius 3 is 2.83 bits per heavy atom. The van der Waals surface area contributed by atoms with E-state index in [1.165, 1.54) is 23.9 Å². The summed E-state index contributed by atoms with van der Waals surface area (Å²) < 4.78 is 13.7. The van der Waals surface area contributed by atoms with Crippen LogP contribution in [0.2, 0.25) is 0 Å². The van der Waals surface area contributed by atoms with Crippen molar-refractivity contribution in [2.75, 3.05) is 17.6 Å². The fourth-order valence-electron chi connectivity index (χ4n) is 2.31. The normalized spacial score (nSPS) is 14.4. The smallest absolute Gasteiger partial charge is 0.238 e. The molecule has 23 heavy (non-hydrogen) atoms. The summed E-state index contributed by atoms with van der Waals surface area (Å²) in [6.45, 7) is 2.38. The van der Waals surface area contributed by atoms with E-state index in [9.17, 15) is 14.0 Å². The molecule has 124 valence electrons. The highest BCUT2D eigenvalue weighted by Gasteiger charge is 2.25. The first-order valence-electron chi connectivity index (χ1n) is 7.50. The molecule has 1 aliphatic rings. The molecule has 0 unspecified atom stereocenters. The maximum Gasteiger partial charge on any atom is 0.238 e. The lowest BCUT2D eigenvalue weighted by atomic mass is 10.1. The van der Waals surface area contributed by atoms with Gasteiger partial charge >= 0.3 is 0 Å². The number of halogens is 1. The minimum Gasteiger partial charge on any atom is -0.326 e.